The summed E-state index contributed by atoms with van der Waals surface area (Å²) >= 11 is 6.05. The lowest BCUT2D eigenvalue weighted by molar-refractivity contribution is 0.0714. The van der Waals surface area contributed by atoms with E-state index >= 15 is 0 Å². The number of hydrogen-bond acceptors (Lipinski definition) is 5. The summed E-state index contributed by atoms with van der Waals surface area (Å²) in [6.07, 6.45) is 1.49. The molecule has 0 N–H and O–H groups in total. The van der Waals surface area contributed by atoms with Crippen molar-refractivity contribution in [2.75, 3.05) is 31.1 Å². The van der Waals surface area contributed by atoms with Gasteiger partial charge in [0.15, 0.2) is 5.76 Å². The Kier molecular flexibility index (Phi) is 4.95. The van der Waals surface area contributed by atoms with Gasteiger partial charge in [0, 0.05) is 31.2 Å². The zero-order valence-corrected chi connectivity index (χ0v) is 17.3. The second-order valence-electron chi connectivity index (χ2n) is 7.30. The van der Waals surface area contributed by atoms with Crippen LogP contribution >= 0.6 is 11.6 Å². The minimum Gasteiger partial charge on any atom is -0.459 e. The Morgan fingerprint density at radius 1 is 0.935 bits per heavy atom. The van der Waals surface area contributed by atoms with Crippen molar-refractivity contribution in [1.82, 2.24) is 14.5 Å². The largest absolute Gasteiger partial charge is 0.459 e. The monoisotopic (exact) mass is 434 g/mol. The van der Waals surface area contributed by atoms with Crippen LogP contribution in [0.25, 0.3) is 16.6 Å². The molecule has 0 radical (unpaired) electrons. The van der Waals surface area contributed by atoms with Gasteiger partial charge in [-0.25, -0.2) is 9.55 Å². The Balaban J connectivity index is 1.52. The van der Waals surface area contributed by atoms with Crippen LogP contribution in [0.5, 0.6) is 0 Å². The molecule has 8 heteroatoms. The van der Waals surface area contributed by atoms with E-state index in [2.05, 4.69) is 0 Å². The first-order valence-electron chi connectivity index (χ1n) is 9.97. The molecular weight excluding hydrogens is 416 g/mol. The average molecular weight is 435 g/mol. The van der Waals surface area contributed by atoms with Gasteiger partial charge in [-0.3, -0.25) is 9.59 Å². The number of aromatic nitrogens is 2. The Labute approximate surface area is 183 Å². The van der Waals surface area contributed by atoms with E-state index in [-0.39, 0.29) is 11.5 Å². The highest BCUT2D eigenvalue weighted by atomic mass is 35.5. The molecule has 0 bridgehead atoms. The molecular formula is C23H19ClN4O3. The number of halogens is 1. The third kappa shape index (κ3) is 3.57. The smallest absolute Gasteiger partial charge is 0.289 e. The van der Waals surface area contributed by atoms with Gasteiger partial charge in [-0.05, 0) is 48.5 Å². The maximum Gasteiger partial charge on any atom is 0.289 e. The van der Waals surface area contributed by atoms with E-state index in [0.717, 1.165) is 0 Å². The second kappa shape index (κ2) is 7.92. The van der Waals surface area contributed by atoms with Crippen LogP contribution in [0.4, 0.5) is 5.95 Å². The van der Waals surface area contributed by atoms with Gasteiger partial charge >= 0.3 is 0 Å². The number of para-hydroxylation sites is 1. The topological polar surface area (TPSA) is 71.6 Å². The lowest BCUT2D eigenvalue weighted by Gasteiger charge is -2.35. The van der Waals surface area contributed by atoms with Crippen LogP contribution in [0.15, 0.2) is 76.1 Å². The molecule has 1 aliphatic heterocycles. The summed E-state index contributed by atoms with van der Waals surface area (Å²) in [7, 11) is 0. The number of benzene rings is 2. The first-order valence-corrected chi connectivity index (χ1v) is 10.3. The van der Waals surface area contributed by atoms with E-state index in [4.69, 9.17) is 21.0 Å². The molecule has 0 unspecified atom stereocenters. The third-order valence-electron chi connectivity index (χ3n) is 5.42. The first-order chi connectivity index (χ1) is 15.1. The normalized spacial score (nSPS) is 14.2. The van der Waals surface area contributed by atoms with Crippen LogP contribution in [0.3, 0.4) is 0 Å². The maximum absolute atomic E-state index is 13.4. The minimum atomic E-state index is -0.142. The number of carbonyl (C=O) groups excluding carboxylic acids is 1. The Bertz CT molecular complexity index is 1290. The van der Waals surface area contributed by atoms with Gasteiger partial charge in [0.05, 0.1) is 22.9 Å². The molecule has 2 aromatic carbocycles. The van der Waals surface area contributed by atoms with Crippen molar-refractivity contribution >= 4 is 34.4 Å². The van der Waals surface area contributed by atoms with Crippen molar-refractivity contribution < 1.29 is 9.21 Å². The molecule has 4 aromatic rings. The zero-order valence-electron chi connectivity index (χ0n) is 16.6. The van der Waals surface area contributed by atoms with Crippen molar-refractivity contribution in [3.63, 3.8) is 0 Å². The lowest BCUT2D eigenvalue weighted by Crippen LogP contribution is -2.50. The van der Waals surface area contributed by atoms with Crippen LogP contribution in [-0.4, -0.2) is 46.5 Å². The molecule has 3 heterocycles. The number of carbonyl (C=O) groups is 1. The van der Waals surface area contributed by atoms with Crippen LogP contribution in [0, 0.1) is 0 Å². The maximum atomic E-state index is 13.4. The number of nitrogens with zero attached hydrogens (tertiary/aromatic N) is 4. The number of anilines is 1. The highest BCUT2D eigenvalue weighted by molar-refractivity contribution is 6.30. The van der Waals surface area contributed by atoms with Gasteiger partial charge in [-0.15, -0.1) is 0 Å². The van der Waals surface area contributed by atoms with Crippen LogP contribution in [-0.2, 0) is 0 Å². The quantitative estimate of drug-likeness (QED) is 0.492. The summed E-state index contributed by atoms with van der Waals surface area (Å²) in [5.74, 6) is 0.748. The molecule has 1 saturated heterocycles. The molecule has 5 rings (SSSR count). The second-order valence-corrected chi connectivity index (χ2v) is 7.74. The number of rotatable bonds is 3. The van der Waals surface area contributed by atoms with E-state index in [1.165, 1.54) is 6.26 Å². The number of amides is 1. The highest BCUT2D eigenvalue weighted by Crippen LogP contribution is 2.22. The summed E-state index contributed by atoms with van der Waals surface area (Å²) in [6.45, 7) is 2.10. The van der Waals surface area contributed by atoms with Gasteiger partial charge in [0.2, 0.25) is 5.95 Å². The number of furan rings is 1. The molecule has 1 fully saturated rings. The lowest BCUT2D eigenvalue weighted by atomic mass is 10.2. The molecule has 0 saturated carbocycles. The van der Waals surface area contributed by atoms with Gasteiger partial charge in [0.1, 0.15) is 0 Å². The van der Waals surface area contributed by atoms with Gasteiger partial charge < -0.3 is 14.2 Å². The molecule has 1 aliphatic rings. The van der Waals surface area contributed by atoms with E-state index in [1.54, 1.807) is 51.9 Å². The van der Waals surface area contributed by atoms with E-state index in [9.17, 15) is 9.59 Å². The summed E-state index contributed by atoms with van der Waals surface area (Å²) in [4.78, 5) is 34.6. The van der Waals surface area contributed by atoms with E-state index in [1.807, 2.05) is 23.1 Å². The van der Waals surface area contributed by atoms with Crippen molar-refractivity contribution in [1.29, 1.82) is 0 Å². The zero-order chi connectivity index (χ0) is 21.4. The predicted molar refractivity (Wildman–Crippen MR) is 119 cm³/mol. The molecule has 7 nitrogen and oxygen atoms in total. The number of hydrogen-bond donors (Lipinski definition) is 0. The van der Waals surface area contributed by atoms with Crippen LogP contribution < -0.4 is 10.5 Å². The standard InChI is InChI=1S/C23H19ClN4O3/c24-16-7-9-17(10-8-16)28-21(29)18-4-1-2-5-19(18)25-23(28)27-13-11-26(12-14-27)22(30)20-6-3-15-31-20/h1-10,15H,11-14H2. The summed E-state index contributed by atoms with van der Waals surface area (Å²) in [5, 5.41) is 1.14. The molecule has 156 valence electrons. The van der Waals surface area contributed by atoms with E-state index < -0.39 is 0 Å². The Morgan fingerprint density at radius 3 is 2.39 bits per heavy atom. The molecule has 0 aliphatic carbocycles. The Hall–Kier alpha value is -3.58. The van der Waals surface area contributed by atoms with E-state index in [0.29, 0.717) is 59.5 Å². The van der Waals surface area contributed by atoms with Crippen molar-refractivity contribution in [3.8, 4) is 5.69 Å². The number of piperazine rings is 1. The number of fused-ring (bicyclic) bond motifs is 1. The summed E-state index contributed by atoms with van der Waals surface area (Å²) in [5.41, 5.74) is 1.19. The Morgan fingerprint density at radius 2 is 1.68 bits per heavy atom. The van der Waals surface area contributed by atoms with Gasteiger partial charge in [0.25, 0.3) is 11.5 Å². The van der Waals surface area contributed by atoms with Gasteiger partial charge in [-0.2, -0.15) is 0 Å². The molecule has 2 aromatic heterocycles. The van der Waals surface area contributed by atoms with Crippen molar-refractivity contribution in [3.05, 3.63) is 88.1 Å². The minimum absolute atomic E-state index is 0.133. The van der Waals surface area contributed by atoms with Crippen molar-refractivity contribution in [2.45, 2.75) is 0 Å². The average Bonchev–Trinajstić information content (AvgIpc) is 3.35. The molecule has 31 heavy (non-hydrogen) atoms. The van der Waals surface area contributed by atoms with Gasteiger partial charge in [-0.1, -0.05) is 23.7 Å². The fourth-order valence-electron chi connectivity index (χ4n) is 3.82. The summed E-state index contributed by atoms with van der Waals surface area (Å²) in [6, 6.07) is 17.8. The van der Waals surface area contributed by atoms with Crippen molar-refractivity contribution in [2.24, 2.45) is 0 Å². The third-order valence-corrected chi connectivity index (χ3v) is 5.68. The SMILES string of the molecule is O=C(c1ccco1)N1CCN(c2nc3ccccc3c(=O)n2-c2ccc(Cl)cc2)CC1. The highest BCUT2D eigenvalue weighted by Gasteiger charge is 2.26. The fraction of sp³-hybridized carbons (Fsp3) is 0.174. The predicted octanol–water partition coefficient (Wildman–Crippen LogP) is 3.59. The van der Waals surface area contributed by atoms with Crippen LogP contribution in [0.2, 0.25) is 5.02 Å². The molecule has 0 spiro atoms. The molecule has 1 amide bonds. The fourth-order valence-corrected chi connectivity index (χ4v) is 3.95. The molecule has 0 atom stereocenters. The first kappa shape index (κ1) is 19.4. The van der Waals surface area contributed by atoms with Crippen LogP contribution in [0.1, 0.15) is 10.6 Å². The summed E-state index contributed by atoms with van der Waals surface area (Å²) < 4.78 is 6.85.